The second kappa shape index (κ2) is 6.74. The molecule has 2 nitrogen and oxygen atoms in total. The standard InChI is InChI=1S/C12H10F6O2/c13-9-5-7(1-2-8(9)12(16,17)18)10(19)3-4-20-6-11(14)15/h1-2,5,11H,3-4,6H2. The molecule has 0 fully saturated rings. The van der Waals surface area contributed by atoms with Gasteiger partial charge in [-0.2, -0.15) is 13.2 Å². The molecule has 0 saturated heterocycles. The average molecular weight is 300 g/mol. The zero-order valence-corrected chi connectivity index (χ0v) is 10.0. The Morgan fingerprint density at radius 3 is 2.40 bits per heavy atom. The summed E-state index contributed by atoms with van der Waals surface area (Å²) in [6.45, 7) is -1.15. The Kier molecular flexibility index (Phi) is 5.55. The molecule has 1 rings (SSSR count). The highest BCUT2D eigenvalue weighted by Crippen LogP contribution is 2.31. The first-order valence-corrected chi connectivity index (χ1v) is 5.47. The lowest BCUT2D eigenvalue weighted by molar-refractivity contribution is -0.140. The lowest BCUT2D eigenvalue weighted by Crippen LogP contribution is -2.12. The number of ketones is 1. The molecule has 112 valence electrons. The van der Waals surface area contributed by atoms with Crippen LogP contribution in [0.2, 0.25) is 0 Å². The fourth-order valence-electron chi connectivity index (χ4n) is 1.40. The normalized spacial score (nSPS) is 11.9. The average Bonchev–Trinajstić information content (AvgIpc) is 2.32. The third kappa shape index (κ3) is 4.84. The molecule has 0 bridgehead atoms. The van der Waals surface area contributed by atoms with Crippen LogP contribution in [0.15, 0.2) is 18.2 Å². The molecular weight excluding hydrogens is 290 g/mol. The van der Waals surface area contributed by atoms with Crippen LogP contribution in [0, 0.1) is 5.82 Å². The Morgan fingerprint density at radius 1 is 1.25 bits per heavy atom. The molecule has 0 amide bonds. The molecule has 0 atom stereocenters. The highest BCUT2D eigenvalue weighted by Gasteiger charge is 2.34. The molecule has 1 aromatic carbocycles. The van der Waals surface area contributed by atoms with Crippen LogP contribution >= 0.6 is 0 Å². The number of carbonyl (C=O) groups is 1. The molecule has 0 aliphatic carbocycles. The number of ether oxygens (including phenoxy) is 1. The number of hydrogen-bond acceptors (Lipinski definition) is 2. The maximum atomic E-state index is 13.2. The predicted octanol–water partition coefficient (Wildman–Crippen LogP) is 3.70. The molecule has 0 N–H and O–H groups in total. The van der Waals surface area contributed by atoms with Crippen molar-refractivity contribution in [3.63, 3.8) is 0 Å². The predicted molar refractivity (Wildman–Crippen MR) is 57.2 cm³/mol. The summed E-state index contributed by atoms with van der Waals surface area (Å²) in [5.41, 5.74) is -1.74. The Balaban J connectivity index is 2.64. The van der Waals surface area contributed by atoms with Crippen LogP contribution in [-0.4, -0.2) is 25.4 Å². The Morgan fingerprint density at radius 2 is 1.90 bits per heavy atom. The van der Waals surface area contributed by atoms with Gasteiger partial charge in [-0.1, -0.05) is 6.07 Å². The van der Waals surface area contributed by atoms with Gasteiger partial charge in [0.05, 0.1) is 12.2 Å². The molecule has 0 aliphatic heterocycles. The van der Waals surface area contributed by atoms with Crippen LogP contribution in [0.4, 0.5) is 26.3 Å². The summed E-state index contributed by atoms with van der Waals surface area (Å²) in [7, 11) is 0. The minimum Gasteiger partial charge on any atom is -0.375 e. The van der Waals surface area contributed by atoms with E-state index in [4.69, 9.17) is 0 Å². The zero-order valence-electron chi connectivity index (χ0n) is 10.0. The first-order valence-electron chi connectivity index (χ1n) is 5.47. The van der Waals surface area contributed by atoms with Crippen LogP contribution in [0.5, 0.6) is 0 Å². The van der Waals surface area contributed by atoms with Gasteiger partial charge in [0.1, 0.15) is 12.4 Å². The number of carbonyl (C=O) groups excluding carboxylic acids is 1. The van der Waals surface area contributed by atoms with Crippen molar-refractivity contribution in [1.29, 1.82) is 0 Å². The molecule has 0 spiro atoms. The summed E-state index contributed by atoms with van der Waals surface area (Å²) in [5, 5.41) is 0. The Bertz CT molecular complexity index is 470. The third-order valence-corrected chi connectivity index (χ3v) is 2.31. The first kappa shape index (κ1) is 16.5. The third-order valence-electron chi connectivity index (χ3n) is 2.31. The second-order valence-electron chi connectivity index (χ2n) is 3.83. The van der Waals surface area contributed by atoms with E-state index in [2.05, 4.69) is 4.74 Å². The summed E-state index contributed by atoms with van der Waals surface area (Å²) in [4.78, 5) is 11.5. The van der Waals surface area contributed by atoms with Crippen molar-refractivity contribution >= 4 is 5.78 Å². The fourth-order valence-corrected chi connectivity index (χ4v) is 1.40. The monoisotopic (exact) mass is 300 g/mol. The summed E-state index contributed by atoms with van der Waals surface area (Å²) >= 11 is 0. The van der Waals surface area contributed by atoms with Crippen molar-refractivity contribution in [1.82, 2.24) is 0 Å². The smallest absolute Gasteiger partial charge is 0.375 e. The number of halogens is 6. The summed E-state index contributed by atoms with van der Waals surface area (Å²) < 4.78 is 78.0. The topological polar surface area (TPSA) is 26.3 Å². The Hall–Kier alpha value is -1.57. The molecule has 0 aliphatic rings. The van der Waals surface area contributed by atoms with E-state index in [9.17, 15) is 31.1 Å². The molecule has 8 heteroatoms. The van der Waals surface area contributed by atoms with Gasteiger partial charge in [-0.25, -0.2) is 13.2 Å². The van der Waals surface area contributed by atoms with Crippen LogP contribution in [0.3, 0.4) is 0 Å². The molecule has 0 aromatic heterocycles. The molecular formula is C12H10F6O2. The SMILES string of the molecule is O=C(CCOCC(F)F)c1ccc(C(F)(F)F)c(F)c1. The summed E-state index contributed by atoms with van der Waals surface area (Å²) in [6, 6.07) is 1.77. The van der Waals surface area contributed by atoms with Crippen molar-refractivity contribution in [3.8, 4) is 0 Å². The summed E-state index contributed by atoms with van der Waals surface area (Å²) in [6.07, 6.45) is -7.84. The molecule has 0 radical (unpaired) electrons. The second-order valence-corrected chi connectivity index (χ2v) is 3.83. The molecule has 0 heterocycles. The number of rotatable bonds is 6. The van der Waals surface area contributed by atoms with Crippen LogP contribution in [0.25, 0.3) is 0 Å². The van der Waals surface area contributed by atoms with Gasteiger partial charge in [-0.05, 0) is 12.1 Å². The van der Waals surface area contributed by atoms with Crippen molar-refractivity contribution in [3.05, 3.63) is 35.1 Å². The van der Waals surface area contributed by atoms with Crippen LogP contribution in [0.1, 0.15) is 22.3 Å². The van der Waals surface area contributed by atoms with Gasteiger partial charge in [0, 0.05) is 12.0 Å². The first-order chi connectivity index (χ1) is 9.21. The number of benzene rings is 1. The fraction of sp³-hybridized carbons (Fsp3) is 0.417. The van der Waals surface area contributed by atoms with Gasteiger partial charge < -0.3 is 4.74 Å². The van der Waals surface area contributed by atoms with E-state index in [-0.39, 0.29) is 18.6 Å². The van der Waals surface area contributed by atoms with Gasteiger partial charge in [0.2, 0.25) is 0 Å². The Labute approximate surface area is 110 Å². The van der Waals surface area contributed by atoms with Crippen molar-refractivity contribution in [2.24, 2.45) is 0 Å². The highest BCUT2D eigenvalue weighted by atomic mass is 19.4. The minimum atomic E-state index is -4.84. The molecule has 0 unspecified atom stereocenters. The van der Waals surface area contributed by atoms with E-state index >= 15 is 0 Å². The lowest BCUT2D eigenvalue weighted by Gasteiger charge is -2.09. The number of alkyl halides is 5. The van der Waals surface area contributed by atoms with E-state index in [1.807, 2.05) is 0 Å². The number of Topliss-reactive ketones (excluding diaryl/α,β-unsaturated/α-hetero) is 1. The minimum absolute atomic E-state index is 0.267. The molecule has 0 saturated carbocycles. The maximum absolute atomic E-state index is 13.2. The van der Waals surface area contributed by atoms with Crippen molar-refractivity contribution in [2.75, 3.05) is 13.2 Å². The molecule has 1 aromatic rings. The van der Waals surface area contributed by atoms with Gasteiger partial charge >= 0.3 is 6.18 Å². The van der Waals surface area contributed by atoms with E-state index < -0.39 is 36.4 Å². The largest absolute Gasteiger partial charge is 0.419 e. The number of hydrogen-bond donors (Lipinski definition) is 0. The van der Waals surface area contributed by atoms with E-state index in [1.165, 1.54) is 0 Å². The van der Waals surface area contributed by atoms with Crippen LogP contribution in [-0.2, 0) is 10.9 Å². The van der Waals surface area contributed by atoms with E-state index in [1.54, 1.807) is 0 Å². The lowest BCUT2D eigenvalue weighted by atomic mass is 10.1. The maximum Gasteiger partial charge on any atom is 0.419 e. The zero-order chi connectivity index (χ0) is 15.3. The van der Waals surface area contributed by atoms with Gasteiger partial charge in [-0.3, -0.25) is 4.79 Å². The quantitative estimate of drug-likeness (QED) is 0.455. The molecule has 20 heavy (non-hydrogen) atoms. The summed E-state index contributed by atoms with van der Waals surface area (Å²) in [5.74, 6) is -2.25. The van der Waals surface area contributed by atoms with E-state index in [0.717, 1.165) is 6.07 Å². The van der Waals surface area contributed by atoms with E-state index in [0.29, 0.717) is 12.1 Å². The van der Waals surface area contributed by atoms with Gasteiger partial charge in [-0.15, -0.1) is 0 Å². The van der Waals surface area contributed by atoms with Crippen molar-refractivity contribution < 1.29 is 35.9 Å². The van der Waals surface area contributed by atoms with Gasteiger partial charge in [0.15, 0.2) is 5.78 Å². The van der Waals surface area contributed by atoms with Gasteiger partial charge in [0.25, 0.3) is 6.43 Å². The highest BCUT2D eigenvalue weighted by molar-refractivity contribution is 5.96. The van der Waals surface area contributed by atoms with Crippen LogP contribution < -0.4 is 0 Å². The van der Waals surface area contributed by atoms with Crippen molar-refractivity contribution in [2.45, 2.75) is 19.0 Å².